The summed E-state index contributed by atoms with van der Waals surface area (Å²) in [6, 6.07) is 17.7. The molecule has 0 fully saturated rings. The van der Waals surface area contributed by atoms with Crippen LogP contribution in [0.2, 0.25) is 0 Å². The second kappa shape index (κ2) is 8.67. The highest BCUT2D eigenvalue weighted by atomic mass is 32.1. The molecule has 1 heterocycles. The zero-order valence-electron chi connectivity index (χ0n) is 14.8. The van der Waals surface area contributed by atoms with Crippen LogP contribution >= 0.6 is 12.2 Å². The summed E-state index contributed by atoms with van der Waals surface area (Å²) in [4.78, 5) is 14.3. The van der Waals surface area contributed by atoms with Crippen molar-refractivity contribution in [3.8, 4) is 5.75 Å². The Balaban J connectivity index is 1.73. The van der Waals surface area contributed by atoms with Gasteiger partial charge >= 0.3 is 0 Å². The van der Waals surface area contributed by atoms with Gasteiger partial charge in [-0.25, -0.2) is 0 Å². The molecule has 0 saturated heterocycles. The normalized spacial score (nSPS) is 15.6. The summed E-state index contributed by atoms with van der Waals surface area (Å²) in [6.45, 7) is 3.67. The van der Waals surface area contributed by atoms with Crippen molar-refractivity contribution in [1.29, 1.82) is 0 Å². The second-order valence-corrected chi connectivity index (χ2v) is 6.51. The number of hydrogen-bond acceptors (Lipinski definition) is 3. The summed E-state index contributed by atoms with van der Waals surface area (Å²) in [5, 5.41) is 6.76. The average Bonchev–Trinajstić information content (AvgIpc) is 2.70. The maximum absolute atomic E-state index is 12.4. The molecule has 3 rings (SSSR count). The molecule has 0 radical (unpaired) electrons. The molecule has 26 heavy (non-hydrogen) atoms. The smallest absolute Gasteiger partial charge is 0.262 e. The molecule has 0 spiro atoms. The van der Waals surface area contributed by atoms with Crippen LogP contribution in [0, 0.1) is 0 Å². The van der Waals surface area contributed by atoms with E-state index >= 15 is 0 Å². The van der Waals surface area contributed by atoms with E-state index in [2.05, 4.69) is 10.6 Å². The van der Waals surface area contributed by atoms with Gasteiger partial charge in [-0.3, -0.25) is 4.79 Å². The lowest BCUT2D eigenvalue weighted by Crippen LogP contribution is -2.53. The van der Waals surface area contributed by atoms with Gasteiger partial charge in [0.2, 0.25) is 0 Å². The van der Waals surface area contributed by atoms with Crippen LogP contribution in [0.5, 0.6) is 5.75 Å². The third kappa shape index (κ3) is 4.32. The van der Waals surface area contributed by atoms with Gasteiger partial charge in [0.15, 0.2) is 11.2 Å². The van der Waals surface area contributed by atoms with Gasteiger partial charge in [0.1, 0.15) is 5.75 Å². The van der Waals surface area contributed by atoms with Crippen LogP contribution in [-0.2, 0) is 11.3 Å². The Hall–Kier alpha value is -2.60. The number of rotatable bonds is 5. The maximum Gasteiger partial charge on any atom is 0.262 e. The molecule has 0 saturated carbocycles. The number of benzene rings is 2. The Morgan fingerprint density at radius 1 is 1.15 bits per heavy atom. The molecule has 136 valence electrons. The van der Waals surface area contributed by atoms with Crippen LogP contribution < -0.4 is 20.3 Å². The summed E-state index contributed by atoms with van der Waals surface area (Å²) in [5.74, 6) is 0.552. The van der Waals surface area contributed by atoms with Gasteiger partial charge in [-0.05, 0) is 36.3 Å². The number of fused-ring (bicyclic) bond motifs is 1. The third-order valence-electron chi connectivity index (χ3n) is 4.15. The highest BCUT2D eigenvalue weighted by Gasteiger charge is 2.32. The Morgan fingerprint density at radius 3 is 2.65 bits per heavy atom. The van der Waals surface area contributed by atoms with Crippen molar-refractivity contribution >= 4 is 28.9 Å². The van der Waals surface area contributed by atoms with E-state index < -0.39 is 6.10 Å². The number of nitrogens with zero attached hydrogens (tertiary/aromatic N) is 1. The van der Waals surface area contributed by atoms with E-state index in [0.717, 1.165) is 17.7 Å². The van der Waals surface area contributed by atoms with Crippen molar-refractivity contribution in [2.24, 2.45) is 0 Å². The Bertz CT molecular complexity index is 767. The van der Waals surface area contributed by atoms with Crippen molar-refractivity contribution in [2.75, 3.05) is 18.0 Å². The van der Waals surface area contributed by atoms with Crippen LogP contribution in [0.3, 0.4) is 0 Å². The average molecular weight is 369 g/mol. The Labute approximate surface area is 159 Å². The highest BCUT2D eigenvalue weighted by molar-refractivity contribution is 7.80. The number of anilines is 1. The monoisotopic (exact) mass is 369 g/mol. The summed E-state index contributed by atoms with van der Waals surface area (Å²) in [5.41, 5.74) is 2.02. The molecule has 2 aromatic rings. The van der Waals surface area contributed by atoms with E-state index in [9.17, 15) is 4.79 Å². The second-order valence-electron chi connectivity index (χ2n) is 6.12. The first-order valence-corrected chi connectivity index (χ1v) is 9.22. The number of carbonyl (C=O) groups is 1. The minimum atomic E-state index is -0.590. The summed E-state index contributed by atoms with van der Waals surface area (Å²) in [7, 11) is 0. The first-order chi connectivity index (χ1) is 12.7. The Morgan fingerprint density at radius 2 is 1.88 bits per heavy atom. The van der Waals surface area contributed by atoms with Crippen LogP contribution in [-0.4, -0.2) is 30.2 Å². The molecule has 1 amide bonds. The van der Waals surface area contributed by atoms with Crippen molar-refractivity contribution in [3.05, 3.63) is 60.2 Å². The molecule has 5 nitrogen and oxygen atoms in total. The zero-order valence-corrected chi connectivity index (χ0v) is 15.6. The van der Waals surface area contributed by atoms with Crippen molar-refractivity contribution in [3.63, 3.8) is 0 Å². The van der Waals surface area contributed by atoms with Crippen molar-refractivity contribution < 1.29 is 9.53 Å². The molecule has 1 atom stereocenters. The predicted octanol–water partition coefficient (Wildman–Crippen LogP) is 2.85. The SMILES string of the molecule is CCCNC(=O)[C@H]1CN(C(=S)NCc2ccccc2)c2ccccc2O1. The number of para-hydroxylation sites is 2. The number of ether oxygens (including phenoxy) is 1. The van der Waals surface area contributed by atoms with Crippen molar-refractivity contribution in [1.82, 2.24) is 10.6 Å². The van der Waals surface area contributed by atoms with E-state index in [1.54, 1.807) is 0 Å². The van der Waals surface area contributed by atoms with E-state index in [1.165, 1.54) is 0 Å². The molecule has 2 aromatic carbocycles. The van der Waals surface area contributed by atoms with Gasteiger partial charge in [0, 0.05) is 13.1 Å². The molecule has 0 unspecified atom stereocenters. The number of hydrogen-bond donors (Lipinski definition) is 2. The lowest BCUT2D eigenvalue weighted by molar-refractivity contribution is -0.127. The fourth-order valence-corrected chi connectivity index (χ4v) is 3.04. The minimum Gasteiger partial charge on any atom is -0.477 e. The molecule has 0 bridgehead atoms. The quantitative estimate of drug-likeness (QED) is 0.794. The molecule has 2 N–H and O–H groups in total. The van der Waals surface area contributed by atoms with Gasteiger partial charge in [-0.2, -0.15) is 0 Å². The first-order valence-electron chi connectivity index (χ1n) is 8.81. The summed E-state index contributed by atoms with van der Waals surface area (Å²) >= 11 is 5.60. The van der Waals surface area contributed by atoms with Crippen LogP contribution in [0.15, 0.2) is 54.6 Å². The van der Waals surface area contributed by atoms with E-state index in [1.807, 2.05) is 66.4 Å². The standard InChI is InChI=1S/C20H23N3O2S/c1-2-12-21-19(24)18-14-23(16-10-6-7-11-17(16)25-18)20(26)22-13-15-8-4-3-5-9-15/h3-11,18H,2,12-14H2,1H3,(H,21,24)(H,22,26)/t18-/m1/s1. The third-order valence-corrected chi connectivity index (χ3v) is 4.51. The van der Waals surface area contributed by atoms with E-state index in [0.29, 0.717) is 30.5 Å². The lowest BCUT2D eigenvalue weighted by Gasteiger charge is -2.35. The van der Waals surface area contributed by atoms with Crippen molar-refractivity contribution in [2.45, 2.75) is 26.0 Å². The molecule has 1 aliphatic rings. The molecule has 6 heteroatoms. The molecule has 0 aliphatic carbocycles. The largest absolute Gasteiger partial charge is 0.477 e. The van der Waals surface area contributed by atoms with Crippen LogP contribution in [0.25, 0.3) is 0 Å². The van der Waals surface area contributed by atoms with Crippen LogP contribution in [0.4, 0.5) is 5.69 Å². The highest BCUT2D eigenvalue weighted by Crippen LogP contribution is 2.33. The van der Waals surface area contributed by atoms with E-state index in [-0.39, 0.29) is 5.91 Å². The number of thiocarbonyl (C=S) groups is 1. The molecular weight excluding hydrogens is 346 g/mol. The van der Waals surface area contributed by atoms with Gasteiger partial charge in [0.25, 0.3) is 5.91 Å². The number of nitrogens with one attached hydrogen (secondary N) is 2. The maximum atomic E-state index is 12.4. The molecule has 0 aromatic heterocycles. The molecular formula is C20H23N3O2S. The minimum absolute atomic E-state index is 0.114. The van der Waals surface area contributed by atoms with E-state index in [4.69, 9.17) is 17.0 Å². The predicted molar refractivity (Wildman–Crippen MR) is 107 cm³/mol. The Kier molecular flexibility index (Phi) is 6.07. The number of carbonyl (C=O) groups excluding carboxylic acids is 1. The van der Waals surface area contributed by atoms with Gasteiger partial charge in [-0.15, -0.1) is 0 Å². The fraction of sp³-hybridized carbons (Fsp3) is 0.300. The van der Waals surface area contributed by atoms with Gasteiger partial charge in [-0.1, -0.05) is 49.4 Å². The summed E-state index contributed by atoms with van der Waals surface area (Å²) in [6.07, 6.45) is 0.295. The van der Waals surface area contributed by atoms with Gasteiger partial charge < -0.3 is 20.3 Å². The number of amides is 1. The molecule has 1 aliphatic heterocycles. The first kappa shape index (κ1) is 18.2. The topological polar surface area (TPSA) is 53.6 Å². The van der Waals surface area contributed by atoms with Gasteiger partial charge in [0.05, 0.1) is 12.2 Å². The zero-order chi connectivity index (χ0) is 18.4. The van der Waals surface area contributed by atoms with Crippen LogP contribution in [0.1, 0.15) is 18.9 Å². The lowest BCUT2D eigenvalue weighted by atomic mass is 10.2. The summed E-state index contributed by atoms with van der Waals surface area (Å²) < 4.78 is 5.89. The fourth-order valence-electron chi connectivity index (χ4n) is 2.79.